The first-order valence-corrected chi connectivity index (χ1v) is 8.94. The summed E-state index contributed by atoms with van der Waals surface area (Å²) in [6.45, 7) is 3.09. The molecule has 1 fully saturated rings. The molecule has 4 nitrogen and oxygen atoms in total. The van der Waals surface area contributed by atoms with Crippen LogP contribution in [0.3, 0.4) is 0 Å². The van der Waals surface area contributed by atoms with E-state index in [1.54, 1.807) is 0 Å². The van der Waals surface area contributed by atoms with Crippen molar-refractivity contribution in [2.24, 2.45) is 0 Å². The number of nitrogens with one attached hydrogen (secondary N) is 2. The van der Waals surface area contributed by atoms with Gasteiger partial charge in [-0.2, -0.15) is 0 Å². The van der Waals surface area contributed by atoms with Crippen molar-refractivity contribution in [2.75, 3.05) is 6.54 Å². The molecule has 2 aromatic rings. The van der Waals surface area contributed by atoms with Gasteiger partial charge in [0.25, 0.3) is 5.91 Å². The van der Waals surface area contributed by atoms with Crippen molar-refractivity contribution >= 4 is 65.0 Å². The van der Waals surface area contributed by atoms with Gasteiger partial charge in [0, 0.05) is 17.5 Å². The first kappa shape index (κ1) is 20.7. The number of thiazole rings is 1. The molecule has 128 valence electrons. The molecule has 3 rings (SSSR count). The maximum atomic E-state index is 12.3. The number of halogens is 3. The Morgan fingerprint density at radius 2 is 2.22 bits per heavy atom. The van der Waals surface area contributed by atoms with Crippen LogP contribution in [0.2, 0.25) is 4.34 Å². The molecule has 1 aliphatic heterocycles. The van der Waals surface area contributed by atoms with Gasteiger partial charge in [-0.25, -0.2) is 4.98 Å². The highest BCUT2D eigenvalue weighted by Gasteiger charge is 2.21. The van der Waals surface area contributed by atoms with Crippen LogP contribution in [0.25, 0.3) is 9.88 Å². The number of hydrogen-bond acceptors (Lipinski definition) is 5. The molecular formula is C14H18Cl3N3OS2. The Bertz CT molecular complexity index is 647. The van der Waals surface area contributed by atoms with Gasteiger partial charge in [-0.15, -0.1) is 47.5 Å². The van der Waals surface area contributed by atoms with Gasteiger partial charge in [-0.05, 0) is 38.4 Å². The lowest BCUT2D eigenvalue weighted by Crippen LogP contribution is -2.46. The van der Waals surface area contributed by atoms with Crippen LogP contribution in [-0.2, 0) is 0 Å². The van der Waals surface area contributed by atoms with E-state index in [1.807, 2.05) is 17.5 Å². The van der Waals surface area contributed by atoms with Crippen LogP contribution in [0.1, 0.15) is 30.3 Å². The van der Waals surface area contributed by atoms with E-state index in [-0.39, 0.29) is 36.8 Å². The molecule has 0 spiro atoms. The summed E-state index contributed by atoms with van der Waals surface area (Å²) in [7, 11) is 0. The van der Waals surface area contributed by atoms with Gasteiger partial charge in [0.2, 0.25) is 0 Å². The van der Waals surface area contributed by atoms with Crippen LogP contribution in [-0.4, -0.2) is 29.5 Å². The zero-order valence-corrected chi connectivity index (χ0v) is 16.4. The molecule has 9 heteroatoms. The number of carbonyl (C=O) groups is 1. The summed E-state index contributed by atoms with van der Waals surface area (Å²) < 4.78 is 0.731. The molecule has 2 N–H and O–H groups in total. The number of nitrogens with zero attached hydrogens (tertiary/aromatic N) is 1. The van der Waals surface area contributed by atoms with Crippen molar-refractivity contribution in [3.8, 4) is 9.88 Å². The number of piperidine rings is 1. The molecule has 1 amide bonds. The molecule has 2 unspecified atom stereocenters. The van der Waals surface area contributed by atoms with Crippen LogP contribution in [0.15, 0.2) is 17.5 Å². The van der Waals surface area contributed by atoms with E-state index < -0.39 is 0 Å². The number of rotatable bonds is 3. The molecule has 0 bridgehead atoms. The summed E-state index contributed by atoms with van der Waals surface area (Å²) in [6, 6.07) is 4.46. The van der Waals surface area contributed by atoms with Crippen LogP contribution in [0.4, 0.5) is 0 Å². The predicted octanol–water partition coefficient (Wildman–Crippen LogP) is 4.24. The third-order valence-corrected chi connectivity index (χ3v) is 5.72. The van der Waals surface area contributed by atoms with Crippen molar-refractivity contribution in [1.82, 2.24) is 15.6 Å². The van der Waals surface area contributed by atoms with Gasteiger partial charge in [0.15, 0.2) is 0 Å². The normalized spacial score (nSPS) is 20.3. The average Bonchev–Trinajstić information content (AvgIpc) is 3.07. The van der Waals surface area contributed by atoms with E-state index in [9.17, 15) is 4.79 Å². The highest BCUT2D eigenvalue weighted by Crippen LogP contribution is 2.32. The first-order valence-electron chi connectivity index (χ1n) is 6.87. The SMILES string of the molecule is CC1CC(NC(=O)c2csc(-c3ccc(Cl)s3)n2)CCN1.Cl.Cl. The minimum Gasteiger partial charge on any atom is -0.348 e. The fourth-order valence-corrected chi connectivity index (χ4v) is 4.36. The van der Waals surface area contributed by atoms with E-state index in [0.717, 1.165) is 33.6 Å². The summed E-state index contributed by atoms with van der Waals surface area (Å²) in [4.78, 5) is 17.7. The largest absolute Gasteiger partial charge is 0.348 e. The van der Waals surface area contributed by atoms with E-state index in [1.165, 1.54) is 22.7 Å². The molecule has 1 saturated heterocycles. The molecule has 2 aromatic heterocycles. The number of carbonyl (C=O) groups excluding carboxylic acids is 1. The van der Waals surface area contributed by atoms with E-state index in [4.69, 9.17) is 11.6 Å². The monoisotopic (exact) mass is 413 g/mol. The van der Waals surface area contributed by atoms with Crippen molar-refractivity contribution < 1.29 is 4.79 Å². The molecular weight excluding hydrogens is 397 g/mol. The number of thiophene rings is 1. The van der Waals surface area contributed by atoms with Crippen LogP contribution >= 0.6 is 59.1 Å². The highest BCUT2D eigenvalue weighted by molar-refractivity contribution is 7.23. The third-order valence-electron chi connectivity index (χ3n) is 3.48. The fourth-order valence-electron chi connectivity index (χ4n) is 2.44. The van der Waals surface area contributed by atoms with Crippen LogP contribution < -0.4 is 10.6 Å². The topological polar surface area (TPSA) is 54.0 Å². The minimum absolute atomic E-state index is 0. The lowest BCUT2D eigenvalue weighted by Gasteiger charge is -2.28. The van der Waals surface area contributed by atoms with E-state index in [0.29, 0.717) is 11.7 Å². The Balaban J connectivity index is 0.00000132. The summed E-state index contributed by atoms with van der Waals surface area (Å²) in [5.41, 5.74) is 0.491. The zero-order valence-electron chi connectivity index (χ0n) is 12.4. The fraction of sp³-hybridized carbons (Fsp3) is 0.429. The maximum Gasteiger partial charge on any atom is 0.270 e. The first-order chi connectivity index (χ1) is 10.1. The Hall–Kier alpha value is -0.370. The zero-order chi connectivity index (χ0) is 14.8. The number of aromatic nitrogens is 1. The van der Waals surface area contributed by atoms with E-state index in [2.05, 4.69) is 22.5 Å². The summed E-state index contributed by atoms with van der Waals surface area (Å²) in [5, 5.41) is 9.11. The lowest BCUT2D eigenvalue weighted by atomic mass is 10.0. The highest BCUT2D eigenvalue weighted by atomic mass is 35.5. The standard InChI is InChI=1S/C14H16ClN3OS2.2ClH/c1-8-6-9(4-5-16-8)17-13(19)10-7-20-14(18-10)11-2-3-12(15)21-11;;/h2-3,7-9,16H,4-6H2,1H3,(H,17,19);2*1H. The molecule has 0 radical (unpaired) electrons. The second kappa shape index (κ2) is 9.20. The Morgan fingerprint density at radius 3 is 2.87 bits per heavy atom. The Labute approximate surface area is 160 Å². The minimum atomic E-state index is -0.0840. The molecule has 3 heterocycles. The average molecular weight is 415 g/mol. The molecule has 0 saturated carbocycles. The molecule has 0 aromatic carbocycles. The van der Waals surface area contributed by atoms with Crippen molar-refractivity contribution in [2.45, 2.75) is 31.8 Å². The third kappa shape index (κ3) is 5.31. The smallest absolute Gasteiger partial charge is 0.270 e. The lowest BCUT2D eigenvalue weighted by molar-refractivity contribution is 0.0921. The quantitative estimate of drug-likeness (QED) is 0.790. The van der Waals surface area contributed by atoms with Crippen molar-refractivity contribution in [3.05, 3.63) is 27.5 Å². The van der Waals surface area contributed by atoms with Gasteiger partial charge < -0.3 is 10.6 Å². The van der Waals surface area contributed by atoms with Gasteiger partial charge in [-0.3, -0.25) is 4.79 Å². The summed E-state index contributed by atoms with van der Waals surface area (Å²) in [5.74, 6) is -0.0840. The van der Waals surface area contributed by atoms with E-state index >= 15 is 0 Å². The Morgan fingerprint density at radius 1 is 1.43 bits per heavy atom. The molecule has 1 aliphatic rings. The van der Waals surface area contributed by atoms with Crippen LogP contribution in [0, 0.1) is 0 Å². The van der Waals surface area contributed by atoms with Gasteiger partial charge in [0.05, 0.1) is 9.21 Å². The summed E-state index contributed by atoms with van der Waals surface area (Å²) in [6.07, 6.45) is 1.93. The Kier molecular flexibility index (Phi) is 8.27. The van der Waals surface area contributed by atoms with Crippen molar-refractivity contribution in [3.63, 3.8) is 0 Å². The van der Waals surface area contributed by atoms with Gasteiger partial charge in [-0.1, -0.05) is 11.6 Å². The van der Waals surface area contributed by atoms with Gasteiger partial charge >= 0.3 is 0 Å². The molecule has 23 heavy (non-hydrogen) atoms. The number of hydrogen-bond donors (Lipinski definition) is 2. The predicted molar refractivity (Wildman–Crippen MR) is 103 cm³/mol. The number of amides is 1. The maximum absolute atomic E-state index is 12.3. The molecule has 0 aliphatic carbocycles. The second-order valence-electron chi connectivity index (χ2n) is 5.19. The second-order valence-corrected chi connectivity index (χ2v) is 7.76. The summed E-state index contributed by atoms with van der Waals surface area (Å²) >= 11 is 8.88. The molecule has 2 atom stereocenters. The van der Waals surface area contributed by atoms with Gasteiger partial charge in [0.1, 0.15) is 10.7 Å². The van der Waals surface area contributed by atoms with Crippen molar-refractivity contribution in [1.29, 1.82) is 0 Å². The van der Waals surface area contributed by atoms with Crippen LogP contribution in [0.5, 0.6) is 0 Å².